The second-order valence-electron chi connectivity index (χ2n) is 4.18. The van der Waals surface area contributed by atoms with E-state index in [0.29, 0.717) is 0 Å². The lowest BCUT2D eigenvalue weighted by molar-refractivity contribution is 0.586. The third-order valence-electron chi connectivity index (χ3n) is 2.06. The number of aryl methyl sites for hydroxylation is 1. The van der Waals surface area contributed by atoms with Crippen molar-refractivity contribution in [3.8, 4) is 6.07 Å². The van der Waals surface area contributed by atoms with Crippen molar-refractivity contribution in [1.29, 1.82) is 5.26 Å². The summed E-state index contributed by atoms with van der Waals surface area (Å²) < 4.78 is 0. The van der Waals surface area contributed by atoms with Crippen LogP contribution in [0, 0.1) is 18.3 Å². The van der Waals surface area contributed by atoms with E-state index in [4.69, 9.17) is 5.26 Å². The summed E-state index contributed by atoms with van der Waals surface area (Å²) in [5.41, 5.74) is 2.62. The lowest BCUT2D eigenvalue weighted by Crippen LogP contribution is -2.14. The Morgan fingerprint density at radius 2 is 2.00 bits per heavy atom. The largest absolute Gasteiger partial charge is 0.260 e. The van der Waals surface area contributed by atoms with E-state index in [1.807, 2.05) is 13.0 Å². The molecule has 0 spiro atoms. The van der Waals surface area contributed by atoms with Crippen LogP contribution in [0.2, 0.25) is 0 Å². The molecule has 0 aromatic carbocycles. The molecule has 68 valence electrons. The lowest BCUT2D eigenvalue weighted by Gasteiger charge is -2.20. The molecule has 2 nitrogen and oxygen atoms in total. The average Bonchev–Trinajstić information content (AvgIpc) is 2.02. The summed E-state index contributed by atoms with van der Waals surface area (Å²) in [5, 5.41) is 8.97. The highest BCUT2D eigenvalue weighted by Crippen LogP contribution is 2.25. The fourth-order valence-electron chi connectivity index (χ4n) is 1.33. The molecule has 0 bridgehead atoms. The van der Waals surface area contributed by atoms with E-state index >= 15 is 0 Å². The first-order valence-electron chi connectivity index (χ1n) is 4.33. The molecule has 0 radical (unpaired) electrons. The number of hydrogen-bond acceptors (Lipinski definition) is 2. The van der Waals surface area contributed by atoms with Crippen molar-refractivity contribution in [2.45, 2.75) is 33.1 Å². The molecule has 0 aliphatic rings. The predicted octanol–water partition coefficient (Wildman–Crippen LogP) is 2.56. The first-order chi connectivity index (χ1) is 5.96. The monoisotopic (exact) mass is 174 g/mol. The van der Waals surface area contributed by atoms with Crippen LogP contribution in [0.3, 0.4) is 0 Å². The smallest absolute Gasteiger partial charge is 0.101 e. The van der Waals surface area contributed by atoms with Gasteiger partial charge >= 0.3 is 0 Å². The Balaban J connectivity index is 3.40. The molecule has 1 heterocycles. The minimum atomic E-state index is 0.0127. The van der Waals surface area contributed by atoms with E-state index in [2.05, 4.69) is 31.8 Å². The topological polar surface area (TPSA) is 36.7 Å². The number of aromatic nitrogens is 1. The standard InChI is InChI=1S/C11H14N2/c1-8-9(7-12)10(5-6-13-8)11(2,3)4/h5-6H,1-4H3. The van der Waals surface area contributed by atoms with Crippen molar-refractivity contribution in [3.63, 3.8) is 0 Å². The van der Waals surface area contributed by atoms with Crippen LogP contribution < -0.4 is 0 Å². The van der Waals surface area contributed by atoms with E-state index in [1.54, 1.807) is 6.20 Å². The van der Waals surface area contributed by atoms with Gasteiger partial charge in [-0.05, 0) is 24.0 Å². The van der Waals surface area contributed by atoms with E-state index in [9.17, 15) is 0 Å². The minimum Gasteiger partial charge on any atom is -0.260 e. The Bertz CT molecular complexity index is 353. The van der Waals surface area contributed by atoms with Gasteiger partial charge in [0.15, 0.2) is 0 Å². The average molecular weight is 174 g/mol. The van der Waals surface area contributed by atoms with Crippen LogP contribution in [-0.4, -0.2) is 4.98 Å². The van der Waals surface area contributed by atoms with E-state index in [0.717, 1.165) is 16.8 Å². The summed E-state index contributed by atoms with van der Waals surface area (Å²) in [5.74, 6) is 0. The minimum absolute atomic E-state index is 0.0127. The molecule has 1 rings (SSSR count). The van der Waals surface area contributed by atoms with Gasteiger partial charge in [-0.3, -0.25) is 4.98 Å². The molecule has 0 aliphatic heterocycles. The molecular formula is C11H14N2. The van der Waals surface area contributed by atoms with Crippen LogP contribution in [0.1, 0.15) is 37.6 Å². The second kappa shape index (κ2) is 3.18. The number of pyridine rings is 1. The molecule has 0 N–H and O–H groups in total. The molecule has 0 amide bonds. The van der Waals surface area contributed by atoms with Crippen LogP contribution in [0.25, 0.3) is 0 Å². The molecule has 1 aromatic rings. The Morgan fingerprint density at radius 1 is 1.38 bits per heavy atom. The van der Waals surface area contributed by atoms with Gasteiger partial charge in [0.1, 0.15) is 6.07 Å². The van der Waals surface area contributed by atoms with Crippen molar-refractivity contribution in [2.24, 2.45) is 0 Å². The maximum absolute atomic E-state index is 8.97. The van der Waals surface area contributed by atoms with Gasteiger partial charge in [0.05, 0.1) is 11.3 Å². The number of rotatable bonds is 0. The quantitative estimate of drug-likeness (QED) is 0.606. The Labute approximate surface area is 79.2 Å². The first kappa shape index (κ1) is 9.73. The van der Waals surface area contributed by atoms with Gasteiger partial charge in [-0.2, -0.15) is 5.26 Å². The van der Waals surface area contributed by atoms with Crippen LogP contribution in [0.4, 0.5) is 0 Å². The van der Waals surface area contributed by atoms with Crippen molar-refractivity contribution in [1.82, 2.24) is 4.98 Å². The highest BCUT2D eigenvalue weighted by molar-refractivity contribution is 5.43. The predicted molar refractivity (Wildman–Crippen MR) is 52.4 cm³/mol. The van der Waals surface area contributed by atoms with E-state index < -0.39 is 0 Å². The number of nitriles is 1. The van der Waals surface area contributed by atoms with Gasteiger partial charge in [0.25, 0.3) is 0 Å². The summed E-state index contributed by atoms with van der Waals surface area (Å²) in [4.78, 5) is 4.10. The highest BCUT2D eigenvalue weighted by Gasteiger charge is 2.18. The van der Waals surface area contributed by atoms with Crippen LogP contribution in [-0.2, 0) is 5.41 Å². The van der Waals surface area contributed by atoms with Gasteiger partial charge < -0.3 is 0 Å². The summed E-state index contributed by atoms with van der Waals surface area (Å²) in [6.45, 7) is 8.17. The number of nitrogens with zero attached hydrogens (tertiary/aromatic N) is 2. The van der Waals surface area contributed by atoms with Crippen LogP contribution in [0.15, 0.2) is 12.3 Å². The van der Waals surface area contributed by atoms with Crippen molar-refractivity contribution >= 4 is 0 Å². The normalized spacial score (nSPS) is 11.0. The van der Waals surface area contributed by atoms with Gasteiger partial charge in [-0.15, -0.1) is 0 Å². The molecule has 1 aromatic heterocycles. The Hall–Kier alpha value is -1.36. The lowest BCUT2D eigenvalue weighted by atomic mass is 9.84. The van der Waals surface area contributed by atoms with Gasteiger partial charge in [-0.1, -0.05) is 20.8 Å². The Kier molecular flexibility index (Phi) is 2.38. The first-order valence-corrected chi connectivity index (χ1v) is 4.33. The SMILES string of the molecule is Cc1nccc(C(C)(C)C)c1C#N. The van der Waals surface area contributed by atoms with Crippen molar-refractivity contribution in [3.05, 3.63) is 29.1 Å². The highest BCUT2D eigenvalue weighted by atomic mass is 14.7. The fraction of sp³-hybridized carbons (Fsp3) is 0.455. The molecule has 0 aliphatic carbocycles. The summed E-state index contributed by atoms with van der Waals surface area (Å²) in [6.07, 6.45) is 1.76. The second-order valence-corrected chi connectivity index (χ2v) is 4.18. The zero-order valence-electron chi connectivity index (χ0n) is 8.55. The zero-order valence-corrected chi connectivity index (χ0v) is 8.55. The third kappa shape index (κ3) is 1.86. The number of hydrogen-bond donors (Lipinski definition) is 0. The van der Waals surface area contributed by atoms with Crippen LogP contribution >= 0.6 is 0 Å². The molecule has 13 heavy (non-hydrogen) atoms. The van der Waals surface area contributed by atoms with Crippen molar-refractivity contribution < 1.29 is 0 Å². The molecule has 0 fully saturated rings. The molecule has 0 unspecified atom stereocenters. The molecule has 0 atom stereocenters. The molecular weight excluding hydrogens is 160 g/mol. The molecule has 0 saturated heterocycles. The van der Waals surface area contributed by atoms with Crippen LogP contribution in [0.5, 0.6) is 0 Å². The summed E-state index contributed by atoms with van der Waals surface area (Å²) in [7, 11) is 0. The summed E-state index contributed by atoms with van der Waals surface area (Å²) in [6, 6.07) is 4.13. The maximum Gasteiger partial charge on any atom is 0.101 e. The maximum atomic E-state index is 8.97. The van der Waals surface area contributed by atoms with Crippen molar-refractivity contribution in [2.75, 3.05) is 0 Å². The van der Waals surface area contributed by atoms with Gasteiger partial charge in [0.2, 0.25) is 0 Å². The Morgan fingerprint density at radius 3 is 2.38 bits per heavy atom. The fourth-order valence-corrected chi connectivity index (χ4v) is 1.33. The van der Waals surface area contributed by atoms with Gasteiger partial charge in [-0.25, -0.2) is 0 Å². The molecule has 2 heteroatoms. The third-order valence-corrected chi connectivity index (χ3v) is 2.06. The zero-order chi connectivity index (χ0) is 10.1. The van der Waals surface area contributed by atoms with Gasteiger partial charge in [0, 0.05) is 6.20 Å². The summed E-state index contributed by atoms with van der Waals surface area (Å²) >= 11 is 0. The van der Waals surface area contributed by atoms with E-state index in [1.165, 1.54) is 0 Å². The van der Waals surface area contributed by atoms with E-state index in [-0.39, 0.29) is 5.41 Å². The molecule has 0 saturated carbocycles.